The van der Waals surface area contributed by atoms with Crippen molar-refractivity contribution in [2.75, 3.05) is 36.9 Å². The lowest BCUT2D eigenvalue weighted by Gasteiger charge is -2.40. The van der Waals surface area contributed by atoms with Crippen LogP contribution in [-0.2, 0) is 0 Å². The molecule has 9 rings (SSSR count). The predicted octanol–water partition coefficient (Wildman–Crippen LogP) is 5.99. The number of benzene rings is 2. The molecular formula is C33H32ClF2N7O2S. The summed E-state index contributed by atoms with van der Waals surface area (Å²) >= 11 is 8.20. The van der Waals surface area contributed by atoms with Crippen LogP contribution in [0.5, 0.6) is 11.8 Å². The van der Waals surface area contributed by atoms with E-state index >= 15 is 8.78 Å². The molecule has 0 saturated carbocycles. The smallest absolute Gasteiger partial charge is 0.319 e. The lowest BCUT2D eigenvalue weighted by Crippen LogP contribution is -2.60. The third-order valence-corrected chi connectivity index (χ3v) is 12.5. The molecule has 4 atom stereocenters. The summed E-state index contributed by atoms with van der Waals surface area (Å²) in [5, 5.41) is 14.3. The third kappa shape index (κ3) is 3.89. The number of hydrogen-bond donors (Lipinski definition) is 2. The van der Waals surface area contributed by atoms with Gasteiger partial charge in [-0.25, -0.2) is 8.78 Å². The summed E-state index contributed by atoms with van der Waals surface area (Å²) in [5.74, 6) is -0.851. The van der Waals surface area contributed by atoms with Gasteiger partial charge in [0.25, 0.3) is 0 Å². The quantitative estimate of drug-likeness (QED) is 0.272. The van der Waals surface area contributed by atoms with Gasteiger partial charge in [-0.1, -0.05) is 11.6 Å². The number of nitrogens with one attached hydrogen (secondary N) is 1. The number of nitrogens with zero attached hydrogens (tertiary/aromatic N) is 5. The number of thiophene rings is 1. The first-order chi connectivity index (χ1) is 22.3. The van der Waals surface area contributed by atoms with E-state index < -0.39 is 11.6 Å². The lowest BCUT2D eigenvalue weighted by molar-refractivity contribution is 0.0407. The summed E-state index contributed by atoms with van der Waals surface area (Å²) in [6.07, 6.45) is 6.04. The van der Waals surface area contributed by atoms with Gasteiger partial charge in [0.1, 0.15) is 40.9 Å². The van der Waals surface area contributed by atoms with Crippen molar-refractivity contribution in [3.8, 4) is 29.0 Å². The number of rotatable bonds is 4. The first kappa shape index (κ1) is 28.7. The number of nitrogens with two attached hydrogens (primary N) is 1. The molecular weight excluding hydrogens is 632 g/mol. The second-order valence-corrected chi connectivity index (χ2v) is 14.7. The van der Waals surface area contributed by atoms with E-state index in [1.807, 2.05) is 0 Å². The van der Waals surface area contributed by atoms with Crippen LogP contribution in [0.15, 0.2) is 12.1 Å². The summed E-state index contributed by atoms with van der Waals surface area (Å²) in [6.45, 7) is 5.06. The Labute approximate surface area is 273 Å². The first-order valence-electron chi connectivity index (χ1n) is 16.0. The Hall–Kier alpha value is -3.50. The van der Waals surface area contributed by atoms with Crippen LogP contribution in [0.2, 0.25) is 5.02 Å². The second-order valence-electron chi connectivity index (χ2n) is 13.3. The molecule has 0 amide bonds. The molecule has 4 fully saturated rings. The highest BCUT2D eigenvalue weighted by Gasteiger charge is 2.50. The van der Waals surface area contributed by atoms with Gasteiger partial charge in [-0.2, -0.15) is 15.2 Å². The Morgan fingerprint density at radius 3 is 2.78 bits per heavy atom. The Bertz CT molecular complexity index is 1990. The van der Waals surface area contributed by atoms with E-state index in [-0.39, 0.29) is 85.8 Å². The first-order valence-corrected chi connectivity index (χ1v) is 17.2. The monoisotopic (exact) mass is 663 g/mol. The molecule has 0 radical (unpaired) electrons. The number of aromatic nitrogens is 2. The van der Waals surface area contributed by atoms with Crippen molar-refractivity contribution in [1.29, 1.82) is 5.26 Å². The zero-order chi connectivity index (χ0) is 31.5. The minimum Gasteiger partial charge on any atom is -0.489 e. The topological polar surface area (TPSA) is 113 Å². The van der Waals surface area contributed by atoms with Gasteiger partial charge in [0.15, 0.2) is 11.6 Å². The van der Waals surface area contributed by atoms with Gasteiger partial charge in [0, 0.05) is 39.8 Å². The zero-order valence-corrected chi connectivity index (χ0v) is 26.8. The molecule has 46 heavy (non-hydrogen) atoms. The Balaban J connectivity index is 1.29. The molecule has 2 aromatic heterocycles. The van der Waals surface area contributed by atoms with Crippen LogP contribution >= 0.6 is 22.9 Å². The van der Waals surface area contributed by atoms with E-state index in [0.29, 0.717) is 22.4 Å². The van der Waals surface area contributed by atoms with Gasteiger partial charge in [0.05, 0.1) is 27.6 Å². The van der Waals surface area contributed by atoms with Crippen molar-refractivity contribution >= 4 is 54.7 Å². The normalized spacial score (nSPS) is 25.3. The van der Waals surface area contributed by atoms with Gasteiger partial charge in [-0.3, -0.25) is 4.90 Å². The Morgan fingerprint density at radius 1 is 1.20 bits per heavy atom. The summed E-state index contributed by atoms with van der Waals surface area (Å²) < 4.78 is 46.7. The summed E-state index contributed by atoms with van der Waals surface area (Å²) in [4.78, 5) is 14.4. The van der Waals surface area contributed by atoms with Crippen molar-refractivity contribution in [2.24, 2.45) is 0 Å². The number of halogens is 3. The van der Waals surface area contributed by atoms with Crippen LogP contribution in [0, 0.1) is 23.0 Å². The molecule has 2 aromatic carbocycles. The highest BCUT2D eigenvalue weighted by molar-refractivity contribution is 7.23. The van der Waals surface area contributed by atoms with E-state index in [1.165, 1.54) is 12.1 Å². The van der Waals surface area contributed by atoms with Gasteiger partial charge in [-0.05, 0) is 70.7 Å². The molecule has 0 aliphatic carbocycles. The molecule has 3 N–H and O–H groups in total. The van der Waals surface area contributed by atoms with E-state index in [9.17, 15) is 5.26 Å². The van der Waals surface area contributed by atoms with E-state index in [4.69, 9.17) is 36.8 Å². The average molecular weight is 664 g/mol. The largest absolute Gasteiger partial charge is 0.489 e. The maximum atomic E-state index is 17.2. The van der Waals surface area contributed by atoms with Crippen molar-refractivity contribution in [3.05, 3.63) is 34.4 Å². The van der Waals surface area contributed by atoms with Crippen LogP contribution in [0.4, 0.5) is 19.6 Å². The lowest BCUT2D eigenvalue weighted by atomic mass is 9.88. The Kier molecular flexibility index (Phi) is 6.39. The van der Waals surface area contributed by atoms with Gasteiger partial charge in [0.2, 0.25) is 0 Å². The summed E-state index contributed by atoms with van der Waals surface area (Å²) in [6, 6.07) is 5.27. The minimum atomic E-state index is -0.827. The number of anilines is 2. The van der Waals surface area contributed by atoms with Gasteiger partial charge in [-0.15, -0.1) is 11.3 Å². The molecule has 9 nitrogen and oxygen atoms in total. The van der Waals surface area contributed by atoms with Crippen LogP contribution in [-0.4, -0.2) is 70.9 Å². The van der Waals surface area contributed by atoms with Crippen LogP contribution in [0.1, 0.15) is 51.0 Å². The van der Waals surface area contributed by atoms with Crippen LogP contribution in [0.25, 0.3) is 32.1 Å². The highest BCUT2D eigenvalue weighted by atomic mass is 35.5. The number of nitrogen functional groups attached to an aromatic ring is 1. The maximum absolute atomic E-state index is 17.2. The number of nitriles is 1. The van der Waals surface area contributed by atoms with E-state index in [2.05, 4.69) is 28.1 Å². The van der Waals surface area contributed by atoms with E-state index in [0.717, 1.165) is 63.0 Å². The van der Waals surface area contributed by atoms with Gasteiger partial charge >= 0.3 is 6.01 Å². The molecule has 7 heterocycles. The minimum absolute atomic E-state index is 0.0570. The molecule has 13 heteroatoms. The third-order valence-electron chi connectivity index (χ3n) is 11.1. The van der Waals surface area contributed by atoms with Crippen molar-refractivity contribution in [2.45, 2.75) is 75.2 Å². The zero-order valence-electron chi connectivity index (χ0n) is 25.2. The SMILES string of the molecule is CC(Oc1nc2c3c(c(Cl)c(-c4c(F)ccc5sc(N)c(C#N)c45)c(F)c3n1)OC[C@@H]1[C@@H]3CC[C@H](CN21)N3)C12CCCN1CCC2. The van der Waals surface area contributed by atoms with Crippen molar-refractivity contribution in [3.63, 3.8) is 0 Å². The number of fused-ring (bicyclic) bond motifs is 7. The second kappa shape index (κ2) is 10.2. The summed E-state index contributed by atoms with van der Waals surface area (Å²) in [7, 11) is 0. The molecule has 4 saturated heterocycles. The predicted molar refractivity (Wildman–Crippen MR) is 174 cm³/mol. The van der Waals surface area contributed by atoms with Crippen LogP contribution in [0.3, 0.4) is 0 Å². The molecule has 238 valence electrons. The Morgan fingerprint density at radius 2 is 2.00 bits per heavy atom. The molecule has 2 bridgehead atoms. The van der Waals surface area contributed by atoms with E-state index in [1.54, 1.807) is 0 Å². The summed E-state index contributed by atoms with van der Waals surface area (Å²) in [5.41, 5.74) is 5.71. The molecule has 1 unspecified atom stereocenters. The van der Waals surface area contributed by atoms with Crippen molar-refractivity contribution in [1.82, 2.24) is 20.2 Å². The fraction of sp³-hybridized carbons (Fsp3) is 0.485. The maximum Gasteiger partial charge on any atom is 0.319 e. The van der Waals surface area contributed by atoms with Crippen molar-refractivity contribution < 1.29 is 18.3 Å². The fourth-order valence-electron chi connectivity index (χ4n) is 8.98. The number of ether oxygens (including phenoxy) is 2. The molecule has 0 spiro atoms. The molecule has 4 aromatic rings. The standard InChI is InChI=1S/C33H32ClF2N7O2S/c1-15(33-8-2-10-42(33)11-3-9-33)45-32-40-28-25-29(44-14-20-19-6-4-16(39-19)13-43(20)31(25)41-32)26(34)24(27(28)36)23-18(35)5-7-21-22(23)17(12-37)30(38)46-21/h5,7,15-16,19-20,39H,2-4,6,8-11,13-14,38H2,1H3/t15?,16-,19+,20-/m1/s1. The van der Waals surface area contributed by atoms with Gasteiger partial charge < -0.3 is 25.4 Å². The number of piperazine rings is 1. The van der Waals surface area contributed by atoms with Crippen LogP contribution < -0.4 is 25.4 Å². The fourth-order valence-corrected chi connectivity index (χ4v) is 10.2. The number of hydrogen-bond acceptors (Lipinski definition) is 10. The molecule has 5 aliphatic rings. The molecule has 5 aliphatic heterocycles. The average Bonchev–Trinajstić information content (AvgIpc) is 3.79. The highest BCUT2D eigenvalue weighted by Crippen LogP contribution is 2.52.